The van der Waals surface area contributed by atoms with E-state index in [9.17, 15) is 0 Å². The molecule has 0 amide bonds. The average Bonchev–Trinajstić information content (AvgIpc) is 3.05. The molecule has 3 heterocycles. The zero-order valence-corrected chi connectivity index (χ0v) is 15.6. The molecule has 0 aliphatic carbocycles. The van der Waals surface area contributed by atoms with E-state index in [1.165, 1.54) is 17.3 Å². The fourth-order valence-electron chi connectivity index (χ4n) is 1.55. The van der Waals surface area contributed by atoms with Gasteiger partial charge in [0.05, 0.1) is 0 Å². The van der Waals surface area contributed by atoms with Gasteiger partial charge in [0.25, 0.3) is 0 Å². The molecule has 0 fully saturated rings. The molecule has 1 nitrogen and oxygen atoms in total. The van der Waals surface area contributed by atoms with Crippen molar-refractivity contribution in [1.29, 1.82) is 0 Å². The van der Waals surface area contributed by atoms with Crippen LogP contribution in [0.25, 0.3) is 0 Å². The molecule has 0 saturated carbocycles. The summed E-state index contributed by atoms with van der Waals surface area (Å²) in [6.07, 6.45) is 0. The van der Waals surface area contributed by atoms with E-state index in [1.54, 1.807) is 0 Å². The third-order valence-corrected chi connectivity index (χ3v) is 9.08. The summed E-state index contributed by atoms with van der Waals surface area (Å²) in [5.41, 5.74) is 0. The quantitative estimate of drug-likeness (QED) is 0.583. The van der Waals surface area contributed by atoms with Crippen molar-refractivity contribution in [2.24, 2.45) is 0 Å². The first-order chi connectivity index (χ1) is 9.19. The molecular weight excluding hydrogens is 406 g/mol. The van der Waals surface area contributed by atoms with Crippen molar-refractivity contribution in [3.63, 3.8) is 0 Å². The summed E-state index contributed by atoms with van der Waals surface area (Å²) >= 11 is 4.38. The molecule has 0 saturated heterocycles. The Morgan fingerprint density at radius 1 is 0.737 bits per heavy atom. The average molecular weight is 418 g/mol. The minimum absolute atomic E-state index is 0.318. The fraction of sp³-hybridized carbons (Fsp3) is 0.143. The van der Waals surface area contributed by atoms with Gasteiger partial charge in [-0.1, -0.05) is 0 Å². The minimum atomic E-state index is 0.318. The van der Waals surface area contributed by atoms with Crippen LogP contribution in [0, 0.1) is 13.8 Å². The van der Waals surface area contributed by atoms with Gasteiger partial charge in [0, 0.05) is 0 Å². The standard InChI is InChI=1S/C14H12OS2Se2/c1-9-3-7-13(16-9)18-11-5-6-12(15-11)19-14-8-4-10(2)17-14/h3-8H,1-2H3. The van der Waals surface area contributed by atoms with Crippen molar-refractivity contribution in [3.05, 3.63) is 46.2 Å². The molecule has 0 atom stereocenters. The van der Waals surface area contributed by atoms with Crippen molar-refractivity contribution in [2.45, 2.75) is 13.8 Å². The maximum absolute atomic E-state index is 5.98. The molecule has 3 aromatic heterocycles. The molecular formula is C14H12OS2Se2. The SMILES string of the molecule is Cc1ccc([Se]c2ccc([Se]c3ccc(C)s3)o2)s1. The van der Waals surface area contributed by atoms with Crippen LogP contribution in [-0.4, -0.2) is 29.9 Å². The molecule has 0 unspecified atom stereocenters. The van der Waals surface area contributed by atoms with Crippen molar-refractivity contribution < 1.29 is 4.42 Å². The summed E-state index contributed by atoms with van der Waals surface area (Å²) < 4.78 is 11.1. The molecule has 0 aliphatic rings. The fourth-order valence-corrected chi connectivity index (χ4v) is 8.63. The van der Waals surface area contributed by atoms with Gasteiger partial charge < -0.3 is 0 Å². The Bertz CT molecular complexity index is 624. The molecule has 0 aromatic carbocycles. The number of hydrogen-bond acceptors (Lipinski definition) is 3. The Balaban J connectivity index is 1.69. The van der Waals surface area contributed by atoms with Gasteiger partial charge in [-0.15, -0.1) is 0 Å². The van der Waals surface area contributed by atoms with E-state index in [1.807, 2.05) is 22.7 Å². The van der Waals surface area contributed by atoms with Crippen LogP contribution in [-0.2, 0) is 0 Å². The van der Waals surface area contributed by atoms with Crippen molar-refractivity contribution in [2.75, 3.05) is 0 Å². The number of hydrogen-bond donors (Lipinski definition) is 0. The summed E-state index contributed by atoms with van der Waals surface area (Å²) in [5.74, 6) is 0. The third-order valence-electron chi connectivity index (χ3n) is 2.39. The number of thiophene rings is 2. The summed E-state index contributed by atoms with van der Waals surface area (Å²) in [7, 11) is 0. The third kappa shape index (κ3) is 3.63. The molecule has 98 valence electrons. The molecule has 0 bridgehead atoms. The zero-order valence-electron chi connectivity index (χ0n) is 10.5. The van der Waals surface area contributed by atoms with E-state index in [2.05, 4.69) is 50.2 Å². The van der Waals surface area contributed by atoms with Crippen molar-refractivity contribution in [3.8, 4) is 0 Å². The predicted octanol–water partition coefficient (Wildman–Crippen LogP) is 1.33. The van der Waals surface area contributed by atoms with Crippen molar-refractivity contribution in [1.82, 2.24) is 0 Å². The number of furan rings is 1. The van der Waals surface area contributed by atoms with Gasteiger partial charge in [-0.2, -0.15) is 0 Å². The van der Waals surface area contributed by atoms with E-state index in [-0.39, 0.29) is 0 Å². The van der Waals surface area contributed by atoms with Crippen LogP contribution in [0.5, 0.6) is 0 Å². The molecule has 19 heavy (non-hydrogen) atoms. The monoisotopic (exact) mass is 420 g/mol. The van der Waals surface area contributed by atoms with E-state index >= 15 is 0 Å². The second kappa shape index (κ2) is 6.01. The van der Waals surface area contributed by atoms with E-state index in [0.29, 0.717) is 29.9 Å². The van der Waals surface area contributed by atoms with Gasteiger partial charge in [0.1, 0.15) is 0 Å². The van der Waals surface area contributed by atoms with Crippen LogP contribution in [0.4, 0.5) is 0 Å². The second-order valence-electron chi connectivity index (χ2n) is 4.01. The first-order valence-electron chi connectivity index (χ1n) is 5.77. The molecule has 0 aliphatic heterocycles. The Hall–Kier alpha value is -0.281. The summed E-state index contributed by atoms with van der Waals surface area (Å²) in [5, 5.41) is 0. The first kappa shape index (κ1) is 13.7. The van der Waals surface area contributed by atoms with Gasteiger partial charge >= 0.3 is 134 Å². The maximum atomic E-state index is 5.98. The summed E-state index contributed by atoms with van der Waals surface area (Å²) in [6.45, 7) is 4.31. The summed E-state index contributed by atoms with van der Waals surface area (Å²) in [6, 6.07) is 13.1. The van der Waals surface area contributed by atoms with Crippen LogP contribution in [0.1, 0.15) is 9.75 Å². The van der Waals surface area contributed by atoms with Gasteiger partial charge in [-0.25, -0.2) is 0 Å². The molecule has 0 spiro atoms. The molecule has 0 N–H and O–H groups in total. The normalized spacial score (nSPS) is 11.1. The first-order valence-corrected chi connectivity index (χ1v) is 10.8. The predicted molar refractivity (Wildman–Crippen MR) is 86.9 cm³/mol. The Morgan fingerprint density at radius 2 is 1.21 bits per heavy atom. The van der Waals surface area contributed by atoms with Gasteiger partial charge in [-0.05, 0) is 0 Å². The number of rotatable bonds is 4. The molecule has 3 rings (SSSR count). The van der Waals surface area contributed by atoms with E-state index in [0.717, 1.165) is 9.32 Å². The molecule has 0 radical (unpaired) electrons. The van der Waals surface area contributed by atoms with Crippen LogP contribution in [0.2, 0.25) is 0 Å². The van der Waals surface area contributed by atoms with Gasteiger partial charge in [-0.3, -0.25) is 0 Å². The Kier molecular flexibility index (Phi) is 4.33. The Morgan fingerprint density at radius 3 is 1.58 bits per heavy atom. The molecule has 5 heteroatoms. The zero-order chi connectivity index (χ0) is 13.2. The summed E-state index contributed by atoms with van der Waals surface area (Å²) in [4.78, 5) is 2.75. The van der Waals surface area contributed by atoms with Gasteiger partial charge in [0.2, 0.25) is 0 Å². The Labute approximate surface area is 133 Å². The number of aryl methyl sites for hydroxylation is 2. The van der Waals surface area contributed by atoms with Gasteiger partial charge in [0.15, 0.2) is 0 Å². The van der Waals surface area contributed by atoms with E-state index < -0.39 is 0 Å². The van der Waals surface area contributed by atoms with Crippen molar-refractivity contribution >= 4 is 69.5 Å². The van der Waals surface area contributed by atoms with Crippen LogP contribution < -0.4 is 16.9 Å². The second-order valence-corrected chi connectivity index (χ2v) is 12.1. The van der Waals surface area contributed by atoms with Crippen LogP contribution in [0.15, 0.2) is 40.8 Å². The van der Waals surface area contributed by atoms with Crippen LogP contribution in [0.3, 0.4) is 0 Å². The topological polar surface area (TPSA) is 13.1 Å². The molecule has 3 aromatic rings. The van der Waals surface area contributed by atoms with E-state index in [4.69, 9.17) is 4.42 Å². The van der Waals surface area contributed by atoms with Crippen LogP contribution >= 0.6 is 22.7 Å².